The van der Waals surface area contributed by atoms with Gasteiger partial charge in [-0.15, -0.1) is 0 Å². The number of benzene rings is 1. The molecule has 20 heavy (non-hydrogen) atoms. The zero-order valence-corrected chi connectivity index (χ0v) is 11.0. The number of nitrogens with zero attached hydrogens (tertiary/aromatic N) is 3. The number of hydrogen-bond acceptors (Lipinski definition) is 5. The second kappa shape index (κ2) is 6.37. The third kappa shape index (κ3) is 3.35. The number of carbonyl (C=O) groups excluding carboxylic acids is 1. The van der Waals surface area contributed by atoms with Crippen molar-refractivity contribution in [2.24, 2.45) is 0 Å². The minimum atomic E-state index is -0.303. The van der Waals surface area contributed by atoms with E-state index in [1.807, 2.05) is 11.5 Å². The number of rotatable bonds is 3. The first-order valence-corrected chi connectivity index (χ1v) is 6.38. The Balaban J connectivity index is 2.07. The fourth-order valence-corrected chi connectivity index (χ4v) is 1.83. The summed E-state index contributed by atoms with van der Waals surface area (Å²) in [7, 11) is 0. The molecule has 0 aliphatic rings. The van der Waals surface area contributed by atoms with Crippen molar-refractivity contribution >= 4 is 23.4 Å². The predicted molar refractivity (Wildman–Crippen MR) is 74.8 cm³/mol. The molecule has 2 aromatic rings. The van der Waals surface area contributed by atoms with Crippen LogP contribution in [0.4, 0.5) is 5.69 Å². The summed E-state index contributed by atoms with van der Waals surface area (Å²) < 4.78 is 0. The molecule has 1 heterocycles. The number of anilines is 1. The Morgan fingerprint density at radius 2 is 1.90 bits per heavy atom. The summed E-state index contributed by atoms with van der Waals surface area (Å²) in [5, 5.41) is 21.9. The van der Waals surface area contributed by atoms with Gasteiger partial charge in [0.15, 0.2) is 0 Å². The first-order chi connectivity index (χ1) is 9.72. The molecule has 0 aliphatic carbocycles. The summed E-state index contributed by atoms with van der Waals surface area (Å²) in [6.45, 7) is 0. The molecule has 0 aliphatic heterocycles. The maximum atomic E-state index is 11.9. The van der Waals surface area contributed by atoms with Gasteiger partial charge < -0.3 is 5.32 Å². The number of thioether (sulfide) groups is 1. The maximum absolute atomic E-state index is 11.9. The highest BCUT2D eigenvalue weighted by atomic mass is 32.2. The Morgan fingerprint density at radius 3 is 2.45 bits per heavy atom. The van der Waals surface area contributed by atoms with Crippen LogP contribution in [0.1, 0.15) is 16.1 Å². The molecule has 0 atom stereocenters. The van der Waals surface area contributed by atoms with Crippen molar-refractivity contribution < 1.29 is 4.79 Å². The summed E-state index contributed by atoms with van der Waals surface area (Å²) in [6.07, 6.45) is 1.35. The lowest BCUT2D eigenvalue weighted by Gasteiger charge is -2.05. The zero-order chi connectivity index (χ0) is 14.4. The third-order valence-electron chi connectivity index (χ3n) is 2.42. The van der Waals surface area contributed by atoms with Gasteiger partial charge in [0.1, 0.15) is 17.2 Å². The number of thiocyanates is 1. The van der Waals surface area contributed by atoms with Gasteiger partial charge in [0, 0.05) is 16.8 Å². The lowest BCUT2D eigenvalue weighted by Crippen LogP contribution is -2.12. The van der Waals surface area contributed by atoms with Crippen LogP contribution in [0.5, 0.6) is 0 Å². The molecule has 6 heteroatoms. The van der Waals surface area contributed by atoms with E-state index >= 15 is 0 Å². The lowest BCUT2D eigenvalue weighted by molar-refractivity contribution is 0.102. The number of aromatic nitrogens is 1. The number of nitrogens with one attached hydrogen (secondary N) is 1. The quantitative estimate of drug-likeness (QED) is 0.689. The standard InChI is InChI=1S/C14H8N4OS/c15-7-12-2-1-10(8-17-12)14(19)18-11-3-5-13(6-4-11)20-9-16/h1-6,8H,(H,18,19). The normalized spacial score (nSPS) is 9.30. The molecule has 0 bridgehead atoms. The van der Waals surface area contributed by atoms with Crippen LogP contribution in [-0.2, 0) is 0 Å². The molecular formula is C14H8N4OS. The van der Waals surface area contributed by atoms with Gasteiger partial charge in [0.25, 0.3) is 5.91 Å². The number of hydrogen-bond donors (Lipinski definition) is 1. The molecule has 0 spiro atoms. The van der Waals surface area contributed by atoms with E-state index in [4.69, 9.17) is 10.5 Å². The highest BCUT2D eigenvalue weighted by Crippen LogP contribution is 2.19. The van der Waals surface area contributed by atoms with Gasteiger partial charge in [-0.25, -0.2) is 4.98 Å². The van der Waals surface area contributed by atoms with Crippen LogP contribution in [0, 0.1) is 22.0 Å². The number of carbonyl (C=O) groups is 1. The van der Waals surface area contributed by atoms with Crippen LogP contribution in [0.15, 0.2) is 47.5 Å². The summed E-state index contributed by atoms with van der Waals surface area (Å²) >= 11 is 1.06. The fourth-order valence-electron chi connectivity index (χ4n) is 1.46. The van der Waals surface area contributed by atoms with E-state index in [1.165, 1.54) is 12.3 Å². The highest BCUT2D eigenvalue weighted by Gasteiger charge is 2.06. The van der Waals surface area contributed by atoms with Gasteiger partial charge in [-0.05, 0) is 48.2 Å². The topological polar surface area (TPSA) is 89.6 Å². The van der Waals surface area contributed by atoms with Crippen LogP contribution < -0.4 is 5.32 Å². The van der Waals surface area contributed by atoms with Gasteiger partial charge in [-0.2, -0.15) is 10.5 Å². The number of amides is 1. The van der Waals surface area contributed by atoms with E-state index in [0.29, 0.717) is 11.3 Å². The summed E-state index contributed by atoms with van der Waals surface area (Å²) in [6, 6.07) is 11.9. The van der Waals surface area contributed by atoms with Crippen molar-refractivity contribution in [3.05, 3.63) is 53.9 Å². The van der Waals surface area contributed by atoms with Gasteiger partial charge in [0.2, 0.25) is 0 Å². The average Bonchev–Trinajstić information content (AvgIpc) is 2.49. The first-order valence-electron chi connectivity index (χ1n) is 5.56. The number of pyridine rings is 1. The Hall–Kier alpha value is -2.83. The first kappa shape index (κ1) is 13.6. The average molecular weight is 280 g/mol. The van der Waals surface area contributed by atoms with Crippen molar-refractivity contribution in [2.75, 3.05) is 5.32 Å². The Morgan fingerprint density at radius 1 is 1.15 bits per heavy atom. The Bertz CT molecular complexity index is 696. The van der Waals surface area contributed by atoms with Gasteiger partial charge in [-0.3, -0.25) is 4.79 Å². The second-order valence-electron chi connectivity index (χ2n) is 3.72. The Kier molecular flexibility index (Phi) is 4.33. The molecule has 96 valence electrons. The molecular weight excluding hydrogens is 272 g/mol. The molecule has 2 rings (SSSR count). The minimum absolute atomic E-state index is 0.263. The smallest absolute Gasteiger partial charge is 0.257 e. The van der Waals surface area contributed by atoms with Gasteiger partial charge in [0.05, 0.1) is 5.56 Å². The van der Waals surface area contributed by atoms with E-state index in [2.05, 4.69) is 10.3 Å². The molecule has 0 fully saturated rings. The highest BCUT2D eigenvalue weighted by molar-refractivity contribution is 8.03. The van der Waals surface area contributed by atoms with Crippen molar-refractivity contribution in [2.45, 2.75) is 4.90 Å². The van der Waals surface area contributed by atoms with Crippen LogP contribution in [0.2, 0.25) is 0 Å². The monoisotopic (exact) mass is 280 g/mol. The third-order valence-corrected chi connectivity index (χ3v) is 3.02. The molecule has 0 radical (unpaired) electrons. The summed E-state index contributed by atoms with van der Waals surface area (Å²) in [4.78, 5) is 16.6. The molecule has 1 aromatic heterocycles. The lowest BCUT2D eigenvalue weighted by atomic mass is 10.2. The van der Waals surface area contributed by atoms with Crippen molar-refractivity contribution in [3.63, 3.8) is 0 Å². The van der Waals surface area contributed by atoms with E-state index in [1.54, 1.807) is 30.3 Å². The molecule has 1 N–H and O–H groups in total. The van der Waals surface area contributed by atoms with Crippen molar-refractivity contribution in [1.29, 1.82) is 10.5 Å². The van der Waals surface area contributed by atoms with Gasteiger partial charge >= 0.3 is 0 Å². The van der Waals surface area contributed by atoms with Crippen molar-refractivity contribution in [1.82, 2.24) is 4.98 Å². The Labute approximate surface area is 119 Å². The second-order valence-corrected chi connectivity index (χ2v) is 4.57. The predicted octanol–water partition coefficient (Wildman–Crippen LogP) is 2.78. The van der Waals surface area contributed by atoms with Crippen molar-refractivity contribution in [3.8, 4) is 11.5 Å². The molecule has 5 nitrogen and oxygen atoms in total. The molecule has 0 saturated heterocycles. The molecule has 1 aromatic carbocycles. The summed E-state index contributed by atoms with van der Waals surface area (Å²) in [5.41, 5.74) is 1.26. The SMILES string of the molecule is N#CSc1ccc(NC(=O)c2ccc(C#N)nc2)cc1. The maximum Gasteiger partial charge on any atom is 0.257 e. The molecule has 1 amide bonds. The van der Waals surface area contributed by atoms with E-state index < -0.39 is 0 Å². The van der Waals surface area contributed by atoms with Gasteiger partial charge in [-0.1, -0.05) is 0 Å². The van der Waals surface area contributed by atoms with Crippen LogP contribution >= 0.6 is 11.8 Å². The number of nitriles is 2. The molecule has 0 saturated carbocycles. The minimum Gasteiger partial charge on any atom is -0.322 e. The van der Waals surface area contributed by atoms with E-state index in [0.717, 1.165) is 16.7 Å². The van der Waals surface area contributed by atoms with Crippen LogP contribution in [0.3, 0.4) is 0 Å². The van der Waals surface area contributed by atoms with E-state index in [9.17, 15) is 4.79 Å². The largest absolute Gasteiger partial charge is 0.322 e. The van der Waals surface area contributed by atoms with Crippen LogP contribution in [-0.4, -0.2) is 10.9 Å². The zero-order valence-electron chi connectivity index (χ0n) is 10.2. The van der Waals surface area contributed by atoms with E-state index in [-0.39, 0.29) is 11.6 Å². The van der Waals surface area contributed by atoms with Crippen LogP contribution in [0.25, 0.3) is 0 Å². The summed E-state index contributed by atoms with van der Waals surface area (Å²) in [5.74, 6) is -0.303. The molecule has 0 unspecified atom stereocenters. The fraction of sp³-hybridized carbons (Fsp3) is 0.